The molecule has 0 spiro atoms. The van der Waals surface area contributed by atoms with Crippen molar-refractivity contribution < 1.29 is 19.2 Å². The normalized spacial score (nSPS) is 12.3. The van der Waals surface area contributed by atoms with Crippen LogP contribution >= 0.6 is 0 Å². The number of aromatic amines is 1. The molecule has 206 valence electrons. The Morgan fingerprint density at radius 3 is 2.48 bits per heavy atom. The van der Waals surface area contributed by atoms with Crippen molar-refractivity contribution in [2.75, 3.05) is 0 Å². The quantitative estimate of drug-likeness (QED) is 0.159. The first-order valence-corrected chi connectivity index (χ1v) is 13.1. The molecular formula is C31H33N5O4. The van der Waals surface area contributed by atoms with Gasteiger partial charge in [-0.1, -0.05) is 38.1 Å². The highest BCUT2D eigenvalue weighted by atomic mass is 16.2. The van der Waals surface area contributed by atoms with E-state index in [2.05, 4.69) is 15.3 Å². The summed E-state index contributed by atoms with van der Waals surface area (Å²) in [5.74, 6) is -2.57. The van der Waals surface area contributed by atoms with Gasteiger partial charge in [0.2, 0.25) is 0 Å². The zero-order valence-electron chi connectivity index (χ0n) is 22.5. The molecule has 4 aromatic rings. The Bertz CT molecular complexity index is 1540. The first kappa shape index (κ1) is 28.5. The molecule has 9 nitrogen and oxygen atoms in total. The Balaban J connectivity index is 1.43. The summed E-state index contributed by atoms with van der Waals surface area (Å²) in [6.45, 7) is 3.80. The van der Waals surface area contributed by atoms with Crippen molar-refractivity contribution in [2.24, 2.45) is 17.4 Å². The van der Waals surface area contributed by atoms with Crippen LogP contribution in [-0.4, -0.2) is 44.9 Å². The highest BCUT2D eigenvalue weighted by molar-refractivity contribution is 6.17. The molecule has 0 radical (unpaired) electrons. The van der Waals surface area contributed by atoms with E-state index in [-0.39, 0.29) is 12.3 Å². The molecular weight excluding hydrogens is 506 g/mol. The number of fused-ring (bicyclic) bond motifs is 1. The fourth-order valence-electron chi connectivity index (χ4n) is 4.47. The fourth-order valence-corrected chi connectivity index (χ4v) is 4.47. The van der Waals surface area contributed by atoms with E-state index < -0.39 is 41.4 Å². The molecule has 0 aliphatic rings. The highest BCUT2D eigenvalue weighted by Crippen LogP contribution is 2.20. The number of nitrogens with two attached hydrogens (primary N) is 2. The Labute approximate surface area is 232 Å². The number of pyridine rings is 1. The van der Waals surface area contributed by atoms with Gasteiger partial charge in [-0.15, -0.1) is 0 Å². The van der Waals surface area contributed by atoms with E-state index in [9.17, 15) is 19.2 Å². The summed E-state index contributed by atoms with van der Waals surface area (Å²) in [6, 6.07) is 18.7. The van der Waals surface area contributed by atoms with Gasteiger partial charge in [-0.2, -0.15) is 0 Å². The summed E-state index contributed by atoms with van der Waals surface area (Å²) in [5.41, 5.74) is 13.1. The molecule has 0 fully saturated rings. The number of nitrogens with zero attached hydrogens (tertiary/aromatic N) is 1. The van der Waals surface area contributed by atoms with Crippen LogP contribution in [0.3, 0.4) is 0 Å². The van der Waals surface area contributed by atoms with Gasteiger partial charge in [0.15, 0.2) is 23.0 Å². The van der Waals surface area contributed by atoms with E-state index in [1.54, 1.807) is 54.9 Å². The third-order valence-electron chi connectivity index (χ3n) is 6.73. The van der Waals surface area contributed by atoms with Crippen molar-refractivity contribution in [3.05, 3.63) is 90.3 Å². The SMILES string of the molecule is CC(C)C[C@H](NC(=O)c1ccc2[nH]ccc2c1)C(=O)CC(=O)C(N)(N)C(=O)Cc1cccc(-c2ccccn2)c1. The van der Waals surface area contributed by atoms with Crippen LogP contribution in [-0.2, 0) is 20.8 Å². The second-order valence-corrected chi connectivity index (χ2v) is 10.4. The molecule has 6 N–H and O–H groups in total. The first-order valence-electron chi connectivity index (χ1n) is 13.1. The molecule has 40 heavy (non-hydrogen) atoms. The van der Waals surface area contributed by atoms with Crippen molar-refractivity contribution in [3.8, 4) is 11.3 Å². The minimum Gasteiger partial charge on any atom is -0.361 e. The molecule has 2 aromatic carbocycles. The number of carbonyl (C=O) groups is 4. The standard InChI is InChI=1S/C31H33N5O4/c1-19(2)14-26(36-30(40)23-9-10-25-22(17-23)11-13-35-25)27(37)18-29(39)31(32,33)28(38)16-20-6-5-7-21(15-20)24-8-3-4-12-34-24/h3-13,15,17,19,26,35H,14,16,18,32-33H2,1-2H3,(H,36,40)/t26-/m0/s1. The van der Waals surface area contributed by atoms with Crippen LogP contribution in [0, 0.1) is 5.92 Å². The van der Waals surface area contributed by atoms with Crippen molar-refractivity contribution in [3.63, 3.8) is 0 Å². The van der Waals surface area contributed by atoms with Crippen LogP contribution in [0.15, 0.2) is 79.1 Å². The molecule has 0 saturated carbocycles. The first-order chi connectivity index (χ1) is 19.0. The molecule has 1 atom stereocenters. The molecule has 1 amide bonds. The summed E-state index contributed by atoms with van der Waals surface area (Å²) in [6.07, 6.45) is 2.87. The van der Waals surface area contributed by atoms with E-state index in [0.29, 0.717) is 17.5 Å². The van der Waals surface area contributed by atoms with Crippen LogP contribution in [0.25, 0.3) is 22.2 Å². The molecule has 0 aliphatic heterocycles. The van der Waals surface area contributed by atoms with E-state index in [1.165, 1.54) is 0 Å². The second kappa shape index (κ2) is 12.1. The van der Waals surface area contributed by atoms with Crippen molar-refractivity contribution in [1.29, 1.82) is 0 Å². The number of rotatable bonds is 12. The molecule has 2 heterocycles. The van der Waals surface area contributed by atoms with E-state index in [4.69, 9.17) is 11.5 Å². The lowest BCUT2D eigenvalue weighted by Crippen LogP contribution is -2.63. The Morgan fingerprint density at radius 2 is 1.75 bits per heavy atom. The largest absolute Gasteiger partial charge is 0.361 e. The predicted molar refractivity (Wildman–Crippen MR) is 153 cm³/mol. The van der Waals surface area contributed by atoms with E-state index >= 15 is 0 Å². The second-order valence-electron chi connectivity index (χ2n) is 10.4. The molecule has 0 aliphatic carbocycles. The number of carbonyl (C=O) groups excluding carboxylic acids is 4. The van der Waals surface area contributed by atoms with Crippen LogP contribution < -0.4 is 16.8 Å². The molecule has 4 rings (SSSR count). The number of hydrogen-bond donors (Lipinski definition) is 4. The zero-order valence-corrected chi connectivity index (χ0v) is 22.5. The molecule has 0 saturated heterocycles. The zero-order chi connectivity index (χ0) is 28.9. The number of benzene rings is 2. The van der Waals surface area contributed by atoms with Gasteiger partial charge in [-0.25, -0.2) is 0 Å². The topological polar surface area (TPSA) is 161 Å². The summed E-state index contributed by atoms with van der Waals surface area (Å²) < 4.78 is 0. The molecule has 9 heteroatoms. The Hall–Kier alpha value is -4.47. The van der Waals surface area contributed by atoms with Gasteiger partial charge in [-0.3, -0.25) is 24.2 Å². The minimum absolute atomic E-state index is 0.0463. The van der Waals surface area contributed by atoms with Crippen molar-refractivity contribution in [2.45, 2.75) is 44.8 Å². The van der Waals surface area contributed by atoms with E-state index in [1.807, 2.05) is 38.1 Å². The van der Waals surface area contributed by atoms with Crippen LogP contribution in [0.1, 0.15) is 42.6 Å². The van der Waals surface area contributed by atoms with Gasteiger partial charge < -0.3 is 21.8 Å². The van der Waals surface area contributed by atoms with Crippen LogP contribution in [0.4, 0.5) is 0 Å². The highest BCUT2D eigenvalue weighted by Gasteiger charge is 2.39. The monoisotopic (exact) mass is 539 g/mol. The summed E-state index contributed by atoms with van der Waals surface area (Å²) in [5, 5.41) is 3.60. The number of H-pyrrole nitrogens is 1. The lowest BCUT2D eigenvalue weighted by Gasteiger charge is -2.24. The Kier molecular flexibility index (Phi) is 8.67. The van der Waals surface area contributed by atoms with Gasteiger partial charge in [-0.05, 0) is 60.4 Å². The lowest BCUT2D eigenvalue weighted by molar-refractivity contribution is -0.136. The van der Waals surface area contributed by atoms with Crippen LogP contribution in [0.5, 0.6) is 0 Å². The number of amides is 1. The summed E-state index contributed by atoms with van der Waals surface area (Å²) in [7, 11) is 0. The van der Waals surface area contributed by atoms with E-state index in [0.717, 1.165) is 22.2 Å². The number of ketones is 3. The maximum atomic E-state index is 13.2. The van der Waals surface area contributed by atoms with Gasteiger partial charge in [0.1, 0.15) is 0 Å². The summed E-state index contributed by atoms with van der Waals surface area (Å²) in [4.78, 5) is 59.6. The number of Topliss-reactive ketones (excluding diaryl/α,β-unsaturated/α-hetero) is 3. The average molecular weight is 540 g/mol. The molecule has 2 aromatic heterocycles. The fraction of sp³-hybridized carbons (Fsp3) is 0.258. The van der Waals surface area contributed by atoms with Crippen molar-refractivity contribution >= 4 is 34.2 Å². The lowest BCUT2D eigenvalue weighted by atomic mass is 9.89. The summed E-state index contributed by atoms with van der Waals surface area (Å²) >= 11 is 0. The predicted octanol–water partition coefficient (Wildman–Crippen LogP) is 3.33. The van der Waals surface area contributed by atoms with Gasteiger partial charge in [0.05, 0.1) is 18.2 Å². The third-order valence-corrected chi connectivity index (χ3v) is 6.73. The third kappa shape index (κ3) is 6.74. The number of hydrogen-bond acceptors (Lipinski definition) is 7. The van der Waals surface area contributed by atoms with Gasteiger partial charge in [0, 0.05) is 40.8 Å². The molecule has 0 unspecified atom stereocenters. The smallest absolute Gasteiger partial charge is 0.251 e. The number of aromatic nitrogens is 2. The maximum absolute atomic E-state index is 13.2. The maximum Gasteiger partial charge on any atom is 0.251 e. The average Bonchev–Trinajstić information content (AvgIpc) is 3.41. The molecule has 0 bridgehead atoms. The van der Waals surface area contributed by atoms with Crippen LogP contribution in [0.2, 0.25) is 0 Å². The van der Waals surface area contributed by atoms with Gasteiger partial charge >= 0.3 is 0 Å². The number of nitrogens with one attached hydrogen (secondary N) is 2. The Morgan fingerprint density at radius 1 is 0.950 bits per heavy atom. The minimum atomic E-state index is -2.36. The van der Waals surface area contributed by atoms with Gasteiger partial charge in [0.25, 0.3) is 5.91 Å². The van der Waals surface area contributed by atoms with Crippen molar-refractivity contribution in [1.82, 2.24) is 15.3 Å².